The molecule has 2 aromatic carbocycles. The smallest absolute Gasteiger partial charge is 0.411 e. The Hall–Kier alpha value is -3.02. The summed E-state index contributed by atoms with van der Waals surface area (Å²) in [5, 5.41) is 3.78. The van der Waals surface area contributed by atoms with Gasteiger partial charge in [0, 0.05) is 11.6 Å². The Balaban J connectivity index is 1.39. The number of nitrogens with zero attached hydrogens (tertiary/aromatic N) is 2. The van der Waals surface area contributed by atoms with Crippen molar-refractivity contribution in [2.24, 2.45) is 16.9 Å². The van der Waals surface area contributed by atoms with Crippen LogP contribution in [0.3, 0.4) is 0 Å². The Kier molecular flexibility index (Phi) is 5.18. The van der Waals surface area contributed by atoms with Crippen LogP contribution in [-0.2, 0) is 9.47 Å². The number of benzene rings is 2. The van der Waals surface area contributed by atoms with Crippen molar-refractivity contribution in [2.45, 2.75) is 44.4 Å². The van der Waals surface area contributed by atoms with Gasteiger partial charge in [0.05, 0.1) is 12.6 Å². The van der Waals surface area contributed by atoms with Crippen LogP contribution in [0.5, 0.6) is 0 Å². The molecule has 2 aromatic rings. The number of hydrogen-bond donors (Lipinski definition) is 1. The van der Waals surface area contributed by atoms with Crippen LogP contribution in [0.4, 0.5) is 4.79 Å². The zero-order valence-electron chi connectivity index (χ0n) is 16.8. The maximum atomic E-state index is 12.6. The highest BCUT2D eigenvalue weighted by Crippen LogP contribution is 2.46. The van der Waals surface area contributed by atoms with E-state index in [1.165, 1.54) is 0 Å². The van der Waals surface area contributed by atoms with Crippen molar-refractivity contribution >= 4 is 12.0 Å². The topological polar surface area (TPSA) is 77.1 Å². The summed E-state index contributed by atoms with van der Waals surface area (Å²) in [7, 11) is 0. The first-order valence-electron chi connectivity index (χ1n) is 10.0. The number of carbonyl (C=O) groups is 1. The fourth-order valence-corrected chi connectivity index (χ4v) is 4.37. The zero-order valence-corrected chi connectivity index (χ0v) is 16.8. The van der Waals surface area contributed by atoms with Gasteiger partial charge in [-0.1, -0.05) is 48.5 Å². The Labute approximate surface area is 171 Å². The second kappa shape index (κ2) is 7.78. The van der Waals surface area contributed by atoms with Crippen LogP contribution in [0.15, 0.2) is 65.8 Å². The molecule has 2 aliphatic rings. The molecule has 152 valence electrons. The van der Waals surface area contributed by atoms with E-state index in [0.29, 0.717) is 18.4 Å². The highest BCUT2D eigenvalue weighted by Gasteiger charge is 2.53. The minimum absolute atomic E-state index is 0.0893. The molecule has 0 aromatic heterocycles. The number of nitrogens with two attached hydrogens (primary N) is 1. The van der Waals surface area contributed by atoms with Gasteiger partial charge in [-0.15, -0.1) is 5.10 Å². The molecule has 1 aliphatic carbocycles. The number of carbonyl (C=O) groups excluding carboxylic acids is 1. The molecule has 4 rings (SSSR count). The van der Waals surface area contributed by atoms with E-state index in [9.17, 15) is 4.79 Å². The fraction of sp³-hybridized carbons (Fsp3) is 0.391. The van der Waals surface area contributed by atoms with Gasteiger partial charge in [0.1, 0.15) is 5.60 Å². The molecule has 0 bridgehead atoms. The summed E-state index contributed by atoms with van der Waals surface area (Å²) in [4.78, 5) is 14.6. The first-order valence-corrected chi connectivity index (χ1v) is 10.0. The SMILES string of the molecule is CC1(C)OC(=O)N(C2CC(COC(=NN)c3ccccc3)C2)C1c1ccccc1. The van der Waals surface area contributed by atoms with E-state index in [4.69, 9.17) is 15.3 Å². The molecule has 6 heteroatoms. The third-order valence-electron chi connectivity index (χ3n) is 5.81. The molecule has 0 spiro atoms. The van der Waals surface area contributed by atoms with Gasteiger partial charge in [0.15, 0.2) is 0 Å². The van der Waals surface area contributed by atoms with Gasteiger partial charge >= 0.3 is 6.09 Å². The lowest BCUT2D eigenvalue weighted by Gasteiger charge is -2.43. The molecular weight excluding hydrogens is 366 g/mol. The van der Waals surface area contributed by atoms with Gasteiger partial charge in [-0.25, -0.2) is 4.79 Å². The largest absolute Gasteiger partial charge is 0.476 e. The summed E-state index contributed by atoms with van der Waals surface area (Å²) in [5.74, 6) is 6.30. The maximum absolute atomic E-state index is 12.6. The quantitative estimate of drug-likeness (QED) is 0.359. The van der Waals surface area contributed by atoms with Crippen molar-refractivity contribution < 1.29 is 14.3 Å². The lowest BCUT2D eigenvalue weighted by atomic mass is 9.78. The zero-order chi connectivity index (χ0) is 20.4. The predicted molar refractivity (Wildman–Crippen MR) is 111 cm³/mol. The molecule has 2 fully saturated rings. The lowest BCUT2D eigenvalue weighted by Crippen LogP contribution is -2.48. The van der Waals surface area contributed by atoms with Crippen molar-refractivity contribution in [2.75, 3.05) is 6.61 Å². The van der Waals surface area contributed by atoms with Gasteiger partial charge in [-0.3, -0.25) is 4.90 Å². The molecule has 1 amide bonds. The number of rotatable bonds is 5. The van der Waals surface area contributed by atoms with E-state index in [1.807, 2.05) is 67.3 Å². The Morgan fingerprint density at radius 1 is 1.14 bits per heavy atom. The minimum Gasteiger partial charge on any atom is -0.476 e. The Bertz CT molecular complexity index is 877. The Morgan fingerprint density at radius 3 is 2.38 bits per heavy atom. The monoisotopic (exact) mass is 393 g/mol. The summed E-state index contributed by atoms with van der Waals surface area (Å²) < 4.78 is 11.6. The van der Waals surface area contributed by atoms with E-state index < -0.39 is 5.60 Å². The van der Waals surface area contributed by atoms with Crippen molar-refractivity contribution in [3.63, 3.8) is 0 Å². The van der Waals surface area contributed by atoms with Crippen molar-refractivity contribution in [1.82, 2.24) is 4.90 Å². The van der Waals surface area contributed by atoms with Crippen LogP contribution >= 0.6 is 0 Å². The minimum atomic E-state index is -0.563. The normalized spacial score (nSPS) is 26.0. The summed E-state index contributed by atoms with van der Waals surface area (Å²) in [6, 6.07) is 19.8. The summed E-state index contributed by atoms with van der Waals surface area (Å²) in [6.45, 7) is 4.49. The third kappa shape index (κ3) is 3.79. The van der Waals surface area contributed by atoms with Crippen molar-refractivity contribution in [3.8, 4) is 0 Å². The van der Waals surface area contributed by atoms with Crippen LogP contribution in [0.2, 0.25) is 0 Å². The van der Waals surface area contributed by atoms with Crippen LogP contribution in [-0.4, -0.2) is 35.1 Å². The number of amides is 1. The van der Waals surface area contributed by atoms with Crippen LogP contribution in [0.1, 0.15) is 43.9 Å². The van der Waals surface area contributed by atoms with Gasteiger partial charge in [-0.2, -0.15) is 0 Å². The highest BCUT2D eigenvalue weighted by molar-refractivity contribution is 5.93. The molecule has 1 saturated heterocycles. The summed E-state index contributed by atoms with van der Waals surface area (Å²) in [6.07, 6.45) is 1.52. The van der Waals surface area contributed by atoms with Gasteiger partial charge in [-0.05, 0) is 50.3 Å². The molecule has 2 N–H and O–H groups in total. The number of ether oxygens (including phenoxy) is 2. The van der Waals surface area contributed by atoms with Gasteiger partial charge < -0.3 is 15.3 Å². The maximum Gasteiger partial charge on any atom is 0.411 e. The molecule has 1 aliphatic heterocycles. The standard InChI is InChI=1S/C23H27N3O3/c1-23(2)20(17-9-5-3-6-10-17)26(22(27)29-23)19-13-16(14-19)15-28-21(25-24)18-11-7-4-8-12-18/h3-12,16,19-20H,13-15,24H2,1-2H3. The first-order chi connectivity index (χ1) is 14.0. The second-order valence-electron chi connectivity index (χ2n) is 8.29. The van der Waals surface area contributed by atoms with Gasteiger partial charge in [0.2, 0.25) is 5.90 Å². The average Bonchev–Trinajstić information content (AvgIpc) is 2.93. The molecule has 0 radical (unpaired) electrons. The van der Waals surface area contributed by atoms with Crippen LogP contribution < -0.4 is 5.84 Å². The van der Waals surface area contributed by atoms with Crippen molar-refractivity contribution in [1.29, 1.82) is 0 Å². The van der Waals surface area contributed by atoms with E-state index in [2.05, 4.69) is 17.2 Å². The van der Waals surface area contributed by atoms with Crippen LogP contribution in [0.25, 0.3) is 0 Å². The van der Waals surface area contributed by atoms with E-state index in [-0.39, 0.29) is 18.2 Å². The lowest BCUT2D eigenvalue weighted by molar-refractivity contribution is 0.0472. The molecule has 29 heavy (non-hydrogen) atoms. The van der Waals surface area contributed by atoms with E-state index >= 15 is 0 Å². The highest BCUT2D eigenvalue weighted by atomic mass is 16.6. The molecule has 1 atom stereocenters. The number of hydrazone groups is 1. The first kappa shape index (κ1) is 19.3. The molecule has 6 nitrogen and oxygen atoms in total. The fourth-order valence-electron chi connectivity index (χ4n) is 4.37. The molecule has 1 unspecified atom stereocenters. The van der Waals surface area contributed by atoms with Crippen molar-refractivity contribution in [3.05, 3.63) is 71.8 Å². The predicted octanol–water partition coefficient (Wildman–Crippen LogP) is 4.07. The van der Waals surface area contributed by atoms with Crippen LogP contribution in [0, 0.1) is 5.92 Å². The second-order valence-corrected chi connectivity index (χ2v) is 8.29. The Morgan fingerprint density at radius 2 is 1.76 bits per heavy atom. The number of cyclic esters (lactones) is 1. The molecule has 1 heterocycles. The average molecular weight is 393 g/mol. The molecule has 1 saturated carbocycles. The molecular formula is C23H27N3O3. The third-order valence-corrected chi connectivity index (χ3v) is 5.81. The van der Waals surface area contributed by atoms with Gasteiger partial charge in [0.25, 0.3) is 0 Å². The number of hydrogen-bond acceptors (Lipinski definition) is 5. The summed E-state index contributed by atoms with van der Waals surface area (Å²) in [5.41, 5.74) is 1.40. The van der Waals surface area contributed by atoms with E-state index in [0.717, 1.165) is 24.0 Å². The summed E-state index contributed by atoms with van der Waals surface area (Å²) >= 11 is 0. The van der Waals surface area contributed by atoms with E-state index in [1.54, 1.807) is 0 Å².